The van der Waals surface area contributed by atoms with E-state index in [0.717, 1.165) is 38.1 Å². The Hall–Kier alpha value is -1.59. The van der Waals surface area contributed by atoms with E-state index in [1.54, 1.807) is 0 Å². The lowest BCUT2D eigenvalue weighted by molar-refractivity contribution is -0.149. The number of esters is 1. The minimum atomic E-state index is -0.521. The Bertz CT molecular complexity index is 581. The topological polar surface area (TPSA) is 59.0 Å². The van der Waals surface area contributed by atoms with Crippen molar-refractivity contribution in [3.63, 3.8) is 0 Å². The number of piperidine rings is 1. The fourth-order valence-electron chi connectivity index (χ4n) is 3.79. The van der Waals surface area contributed by atoms with Crippen LogP contribution in [0.3, 0.4) is 0 Å². The Kier molecular flexibility index (Phi) is 6.32. The average Bonchev–Trinajstić information content (AvgIpc) is 3.08. The van der Waals surface area contributed by atoms with Crippen molar-refractivity contribution in [3.05, 3.63) is 29.3 Å². The van der Waals surface area contributed by atoms with E-state index >= 15 is 0 Å². The van der Waals surface area contributed by atoms with Gasteiger partial charge < -0.3 is 19.5 Å². The van der Waals surface area contributed by atoms with Gasteiger partial charge >= 0.3 is 5.97 Å². The normalized spacial score (nSPS) is 19.4. The zero-order chi connectivity index (χ0) is 17.6. The Balaban J connectivity index is 1.38. The quantitative estimate of drug-likeness (QED) is 0.766. The molecule has 25 heavy (non-hydrogen) atoms. The Labute approximate surface area is 149 Å². The van der Waals surface area contributed by atoms with E-state index in [2.05, 4.69) is 17.0 Å². The third-order valence-electron chi connectivity index (χ3n) is 5.19. The average molecular weight is 347 g/mol. The number of hydrogen-bond donors (Lipinski definition) is 1. The summed E-state index contributed by atoms with van der Waals surface area (Å²) in [6.45, 7) is 4.80. The predicted octanol–water partition coefficient (Wildman–Crippen LogP) is 2.19. The number of fused-ring (bicyclic) bond motifs is 1. The largest absolute Gasteiger partial charge is 0.491 e. The number of rotatable bonds is 7. The molecule has 1 saturated heterocycles. The number of aliphatic hydroxyl groups is 1. The summed E-state index contributed by atoms with van der Waals surface area (Å²) in [4.78, 5) is 14.0. The lowest BCUT2D eigenvalue weighted by Crippen LogP contribution is -2.42. The Morgan fingerprint density at radius 1 is 1.28 bits per heavy atom. The molecule has 1 unspecified atom stereocenters. The number of carbonyl (C=O) groups excluding carboxylic acids is 1. The molecule has 1 aliphatic heterocycles. The molecule has 1 aromatic rings. The van der Waals surface area contributed by atoms with Crippen molar-refractivity contribution in [3.8, 4) is 5.75 Å². The molecule has 1 aliphatic carbocycles. The number of ether oxygens (including phenoxy) is 2. The van der Waals surface area contributed by atoms with Crippen LogP contribution in [0.5, 0.6) is 5.75 Å². The van der Waals surface area contributed by atoms with Gasteiger partial charge in [0, 0.05) is 6.54 Å². The molecule has 2 aliphatic rings. The summed E-state index contributed by atoms with van der Waals surface area (Å²) in [5, 5.41) is 10.3. The van der Waals surface area contributed by atoms with Crippen LogP contribution >= 0.6 is 0 Å². The molecule has 0 aromatic heterocycles. The van der Waals surface area contributed by atoms with E-state index < -0.39 is 6.10 Å². The first-order valence-electron chi connectivity index (χ1n) is 9.47. The summed E-state index contributed by atoms with van der Waals surface area (Å²) >= 11 is 0. The van der Waals surface area contributed by atoms with Gasteiger partial charge in [-0.05, 0) is 75.4 Å². The number of β-amino-alcohol motifs (C(OH)–C–C–N with tert-alkyl or cyclic N) is 1. The predicted molar refractivity (Wildman–Crippen MR) is 95.8 cm³/mol. The number of likely N-dealkylation sites (tertiary alicyclic amines) is 1. The highest BCUT2D eigenvalue weighted by Crippen LogP contribution is 2.26. The Morgan fingerprint density at radius 2 is 2.04 bits per heavy atom. The molecule has 0 saturated carbocycles. The van der Waals surface area contributed by atoms with Gasteiger partial charge in [0.25, 0.3) is 0 Å². The van der Waals surface area contributed by atoms with Crippen LogP contribution < -0.4 is 4.74 Å². The van der Waals surface area contributed by atoms with Gasteiger partial charge in [-0.25, -0.2) is 0 Å². The minimum absolute atomic E-state index is 0.0102. The van der Waals surface area contributed by atoms with Crippen molar-refractivity contribution >= 4 is 5.97 Å². The molecule has 0 spiro atoms. The van der Waals surface area contributed by atoms with E-state index in [-0.39, 0.29) is 11.9 Å². The zero-order valence-corrected chi connectivity index (χ0v) is 15.1. The minimum Gasteiger partial charge on any atom is -0.491 e. The van der Waals surface area contributed by atoms with E-state index in [1.807, 2.05) is 13.0 Å². The van der Waals surface area contributed by atoms with Gasteiger partial charge in [0.2, 0.25) is 0 Å². The van der Waals surface area contributed by atoms with Crippen LogP contribution in [-0.4, -0.2) is 54.9 Å². The van der Waals surface area contributed by atoms with Gasteiger partial charge in [-0.3, -0.25) is 4.79 Å². The van der Waals surface area contributed by atoms with Crippen molar-refractivity contribution in [1.29, 1.82) is 0 Å². The molecule has 1 heterocycles. The summed E-state index contributed by atoms with van der Waals surface area (Å²) in [7, 11) is 0. The number of aryl methyl sites for hydroxylation is 2. The molecule has 0 amide bonds. The van der Waals surface area contributed by atoms with Crippen molar-refractivity contribution < 1.29 is 19.4 Å². The first kappa shape index (κ1) is 18.2. The first-order valence-corrected chi connectivity index (χ1v) is 9.47. The standard InChI is InChI=1S/C20H29NO4/c1-2-24-20(23)16-8-10-21(11-9-16)13-18(22)14-25-19-7-6-15-4-3-5-17(15)12-19/h6-7,12,16,18,22H,2-5,8-11,13-14H2,1H3. The third kappa shape index (κ3) is 4.95. The maximum absolute atomic E-state index is 11.8. The molecule has 0 radical (unpaired) electrons. The molecule has 0 bridgehead atoms. The fraction of sp³-hybridized carbons (Fsp3) is 0.650. The number of hydrogen-bond acceptors (Lipinski definition) is 5. The first-order chi connectivity index (χ1) is 12.2. The van der Waals surface area contributed by atoms with Crippen LogP contribution in [0.2, 0.25) is 0 Å². The number of aliphatic hydroxyl groups excluding tert-OH is 1. The third-order valence-corrected chi connectivity index (χ3v) is 5.19. The van der Waals surface area contributed by atoms with Gasteiger partial charge in [0.15, 0.2) is 0 Å². The van der Waals surface area contributed by atoms with Crippen LogP contribution in [0.25, 0.3) is 0 Å². The summed E-state index contributed by atoms with van der Waals surface area (Å²) in [6.07, 6.45) is 4.61. The summed E-state index contributed by atoms with van der Waals surface area (Å²) < 4.78 is 10.9. The number of nitrogens with zero attached hydrogens (tertiary/aromatic N) is 1. The van der Waals surface area contributed by atoms with Crippen molar-refractivity contribution in [2.75, 3.05) is 32.8 Å². The highest BCUT2D eigenvalue weighted by atomic mass is 16.5. The van der Waals surface area contributed by atoms with Gasteiger partial charge in [0.1, 0.15) is 18.5 Å². The van der Waals surface area contributed by atoms with Crippen LogP contribution in [0, 0.1) is 5.92 Å². The lowest BCUT2D eigenvalue weighted by Gasteiger charge is -2.32. The zero-order valence-electron chi connectivity index (χ0n) is 15.1. The van der Waals surface area contributed by atoms with E-state index in [4.69, 9.17) is 9.47 Å². The summed E-state index contributed by atoms with van der Waals surface area (Å²) in [5.41, 5.74) is 2.81. The molecule has 5 nitrogen and oxygen atoms in total. The summed E-state index contributed by atoms with van der Waals surface area (Å²) in [5.74, 6) is 0.777. The van der Waals surface area contributed by atoms with Crippen molar-refractivity contribution in [2.45, 2.75) is 45.1 Å². The number of benzene rings is 1. The Morgan fingerprint density at radius 3 is 2.80 bits per heavy atom. The van der Waals surface area contributed by atoms with Gasteiger partial charge in [-0.15, -0.1) is 0 Å². The van der Waals surface area contributed by atoms with Crippen molar-refractivity contribution in [2.24, 2.45) is 5.92 Å². The van der Waals surface area contributed by atoms with Crippen molar-refractivity contribution in [1.82, 2.24) is 4.90 Å². The molecule has 5 heteroatoms. The van der Waals surface area contributed by atoms with Crippen LogP contribution in [0.1, 0.15) is 37.3 Å². The molecule has 3 rings (SSSR count). The maximum Gasteiger partial charge on any atom is 0.309 e. The van der Waals surface area contributed by atoms with Crippen LogP contribution in [0.4, 0.5) is 0 Å². The summed E-state index contributed by atoms with van der Waals surface area (Å²) in [6, 6.07) is 6.26. The highest BCUT2D eigenvalue weighted by Gasteiger charge is 2.26. The second-order valence-corrected chi connectivity index (χ2v) is 7.08. The van der Waals surface area contributed by atoms with E-state index in [1.165, 1.54) is 24.0 Å². The van der Waals surface area contributed by atoms with Gasteiger partial charge in [-0.2, -0.15) is 0 Å². The monoisotopic (exact) mass is 347 g/mol. The highest BCUT2D eigenvalue weighted by molar-refractivity contribution is 5.72. The molecule has 1 atom stereocenters. The molecule has 138 valence electrons. The van der Waals surface area contributed by atoms with Crippen LogP contribution in [-0.2, 0) is 22.4 Å². The molecule has 1 fully saturated rings. The second kappa shape index (κ2) is 8.68. The second-order valence-electron chi connectivity index (χ2n) is 7.08. The van der Waals surface area contributed by atoms with E-state index in [9.17, 15) is 9.90 Å². The fourth-order valence-corrected chi connectivity index (χ4v) is 3.79. The molecular formula is C20H29NO4. The lowest BCUT2D eigenvalue weighted by atomic mass is 9.97. The molecule has 1 N–H and O–H groups in total. The molecular weight excluding hydrogens is 318 g/mol. The number of carbonyl (C=O) groups is 1. The van der Waals surface area contributed by atoms with Crippen LogP contribution in [0.15, 0.2) is 18.2 Å². The van der Waals surface area contributed by atoms with E-state index in [0.29, 0.717) is 19.8 Å². The molecule has 1 aromatic carbocycles. The van der Waals surface area contributed by atoms with Gasteiger partial charge in [-0.1, -0.05) is 6.07 Å². The van der Waals surface area contributed by atoms with Gasteiger partial charge in [0.05, 0.1) is 12.5 Å². The smallest absolute Gasteiger partial charge is 0.309 e. The SMILES string of the molecule is CCOC(=O)C1CCN(CC(O)COc2ccc3c(c2)CCC3)CC1. The maximum atomic E-state index is 11.8.